The molecule has 1 aromatic heterocycles. The van der Waals surface area contributed by atoms with Crippen LogP contribution in [0.15, 0.2) is 47.0 Å². The number of carbonyl (C=O) groups excluding carboxylic acids is 1. The lowest BCUT2D eigenvalue weighted by atomic mass is 10.1. The summed E-state index contributed by atoms with van der Waals surface area (Å²) in [4.78, 5) is 18.9. The zero-order chi connectivity index (χ0) is 21.1. The minimum Gasteiger partial charge on any atom is -0.497 e. The molecule has 1 aliphatic heterocycles. The van der Waals surface area contributed by atoms with Gasteiger partial charge in [-0.05, 0) is 35.9 Å². The molecule has 30 heavy (non-hydrogen) atoms. The van der Waals surface area contributed by atoms with Crippen molar-refractivity contribution in [2.45, 2.75) is 18.9 Å². The summed E-state index contributed by atoms with van der Waals surface area (Å²) in [6.07, 6.45) is 0.352. The number of methoxy groups -OCH3 is 3. The molecule has 1 fully saturated rings. The number of nitrogens with zero attached hydrogens (tertiary/aromatic N) is 3. The third-order valence-corrected chi connectivity index (χ3v) is 5.16. The van der Waals surface area contributed by atoms with Crippen LogP contribution in [0.25, 0.3) is 11.5 Å². The Morgan fingerprint density at radius 3 is 2.67 bits per heavy atom. The molecule has 4 rings (SSSR count). The van der Waals surface area contributed by atoms with Crippen LogP contribution in [0.5, 0.6) is 17.2 Å². The SMILES string of the molecule is COc1cccc(-c2nc(C3CC(=O)N(Cc4ccc(OC)c(OC)c4)C3)no2)c1. The Morgan fingerprint density at radius 1 is 1.07 bits per heavy atom. The molecule has 8 heteroatoms. The molecule has 2 aromatic carbocycles. The zero-order valence-electron chi connectivity index (χ0n) is 17.1. The van der Waals surface area contributed by atoms with Crippen LogP contribution in [0.3, 0.4) is 0 Å². The Hall–Kier alpha value is -3.55. The van der Waals surface area contributed by atoms with Gasteiger partial charge < -0.3 is 23.6 Å². The summed E-state index contributed by atoms with van der Waals surface area (Å²) in [7, 11) is 4.79. The van der Waals surface area contributed by atoms with Crippen molar-refractivity contribution < 1.29 is 23.5 Å². The number of aromatic nitrogens is 2. The van der Waals surface area contributed by atoms with E-state index >= 15 is 0 Å². The maximum Gasteiger partial charge on any atom is 0.258 e. The van der Waals surface area contributed by atoms with Crippen LogP contribution >= 0.6 is 0 Å². The van der Waals surface area contributed by atoms with Crippen molar-refractivity contribution >= 4 is 5.91 Å². The molecule has 8 nitrogen and oxygen atoms in total. The molecule has 0 bridgehead atoms. The highest BCUT2D eigenvalue weighted by Crippen LogP contribution is 2.32. The Morgan fingerprint density at radius 2 is 1.90 bits per heavy atom. The van der Waals surface area contributed by atoms with Crippen molar-refractivity contribution in [1.82, 2.24) is 15.0 Å². The fourth-order valence-electron chi connectivity index (χ4n) is 3.57. The van der Waals surface area contributed by atoms with Crippen LogP contribution in [0.4, 0.5) is 0 Å². The molecule has 1 atom stereocenters. The van der Waals surface area contributed by atoms with Gasteiger partial charge in [-0.15, -0.1) is 0 Å². The highest BCUT2D eigenvalue weighted by Gasteiger charge is 2.34. The van der Waals surface area contributed by atoms with Crippen molar-refractivity contribution in [1.29, 1.82) is 0 Å². The molecular weight excluding hydrogens is 386 g/mol. The fraction of sp³-hybridized carbons (Fsp3) is 0.318. The summed E-state index contributed by atoms with van der Waals surface area (Å²) >= 11 is 0. The number of rotatable bonds is 7. The standard InChI is InChI=1S/C22H23N3O5/c1-27-17-6-4-5-15(10-17)22-23-21(24-30-22)16-11-20(26)25(13-16)12-14-7-8-18(28-2)19(9-14)29-3/h4-10,16H,11-13H2,1-3H3. The summed E-state index contributed by atoms with van der Waals surface area (Å²) in [6, 6.07) is 13.1. The predicted molar refractivity (Wildman–Crippen MR) is 109 cm³/mol. The first-order valence-electron chi connectivity index (χ1n) is 9.58. The van der Waals surface area contributed by atoms with Crippen LogP contribution in [-0.2, 0) is 11.3 Å². The van der Waals surface area contributed by atoms with Gasteiger partial charge >= 0.3 is 0 Å². The highest BCUT2D eigenvalue weighted by atomic mass is 16.5. The van der Waals surface area contributed by atoms with Gasteiger partial charge in [0, 0.05) is 31.0 Å². The van der Waals surface area contributed by atoms with Gasteiger partial charge in [0.05, 0.1) is 21.3 Å². The van der Waals surface area contributed by atoms with Gasteiger partial charge in [0.25, 0.3) is 5.89 Å². The van der Waals surface area contributed by atoms with Crippen LogP contribution in [0.2, 0.25) is 0 Å². The number of benzene rings is 2. The van der Waals surface area contributed by atoms with Crippen molar-refractivity contribution in [3.8, 4) is 28.7 Å². The van der Waals surface area contributed by atoms with E-state index in [2.05, 4.69) is 10.1 Å². The molecule has 0 saturated carbocycles. The quantitative estimate of drug-likeness (QED) is 0.592. The number of ether oxygens (including phenoxy) is 3. The van der Waals surface area contributed by atoms with Crippen LogP contribution < -0.4 is 14.2 Å². The first-order chi connectivity index (χ1) is 14.6. The first kappa shape index (κ1) is 19.8. The Kier molecular flexibility index (Phi) is 5.56. The van der Waals surface area contributed by atoms with Crippen molar-refractivity contribution in [2.24, 2.45) is 0 Å². The van der Waals surface area contributed by atoms with E-state index in [4.69, 9.17) is 18.7 Å². The number of hydrogen-bond acceptors (Lipinski definition) is 7. The third kappa shape index (κ3) is 3.94. The molecule has 0 radical (unpaired) electrons. The second-order valence-corrected chi connectivity index (χ2v) is 7.05. The highest BCUT2D eigenvalue weighted by molar-refractivity contribution is 5.79. The van der Waals surface area contributed by atoms with E-state index in [1.807, 2.05) is 42.5 Å². The van der Waals surface area contributed by atoms with Crippen molar-refractivity contribution in [3.05, 3.63) is 53.9 Å². The third-order valence-electron chi connectivity index (χ3n) is 5.16. The Balaban J connectivity index is 1.47. The summed E-state index contributed by atoms with van der Waals surface area (Å²) in [5.74, 6) is 2.90. The van der Waals surface area contributed by atoms with Gasteiger partial charge in [0.1, 0.15) is 5.75 Å². The van der Waals surface area contributed by atoms with Gasteiger partial charge in [-0.2, -0.15) is 4.98 Å². The normalized spacial score (nSPS) is 16.0. The van der Waals surface area contributed by atoms with Crippen LogP contribution in [0.1, 0.15) is 23.7 Å². The smallest absolute Gasteiger partial charge is 0.258 e. The Bertz CT molecular complexity index is 1050. The maximum absolute atomic E-state index is 12.6. The topological polar surface area (TPSA) is 86.9 Å². The minimum atomic E-state index is -0.110. The van der Waals surface area contributed by atoms with Crippen LogP contribution in [-0.4, -0.2) is 48.8 Å². The lowest BCUT2D eigenvalue weighted by Gasteiger charge is -2.17. The second kappa shape index (κ2) is 8.44. The second-order valence-electron chi connectivity index (χ2n) is 7.05. The molecule has 1 amide bonds. The van der Waals surface area contributed by atoms with E-state index in [-0.39, 0.29) is 11.8 Å². The van der Waals surface area contributed by atoms with Gasteiger partial charge in [0.2, 0.25) is 5.91 Å². The van der Waals surface area contributed by atoms with Gasteiger partial charge in [-0.1, -0.05) is 17.3 Å². The number of amides is 1. The molecule has 0 spiro atoms. The molecular formula is C22H23N3O5. The molecule has 1 saturated heterocycles. The molecule has 3 aromatic rings. The largest absolute Gasteiger partial charge is 0.497 e. The lowest BCUT2D eigenvalue weighted by Crippen LogP contribution is -2.24. The minimum absolute atomic E-state index is 0.0579. The average molecular weight is 409 g/mol. The number of hydrogen-bond donors (Lipinski definition) is 0. The van der Waals surface area contributed by atoms with Crippen LogP contribution in [0, 0.1) is 0 Å². The monoisotopic (exact) mass is 409 g/mol. The fourth-order valence-corrected chi connectivity index (χ4v) is 3.57. The zero-order valence-corrected chi connectivity index (χ0v) is 17.1. The first-order valence-corrected chi connectivity index (χ1v) is 9.58. The van der Waals surface area contributed by atoms with E-state index in [9.17, 15) is 4.79 Å². The van der Waals surface area contributed by atoms with E-state index < -0.39 is 0 Å². The number of carbonyl (C=O) groups is 1. The summed E-state index contributed by atoms with van der Waals surface area (Å²) in [6.45, 7) is 1.01. The van der Waals surface area contributed by atoms with E-state index in [1.165, 1.54) is 0 Å². The molecule has 2 heterocycles. The molecule has 0 N–H and O–H groups in total. The van der Waals surface area contributed by atoms with E-state index in [0.717, 1.165) is 11.1 Å². The summed E-state index contributed by atoms with van der Waals surface area (Å²) in [5, 5.41) is 4.11. The number of likely N-dealkylation sites (tertiary alicyclic amines) is 1. The van der Waals surface area contributed by atoms with E-state index in [1.54, 1.807) is 26.2 Å². The lowest BCUT2D eigenvalue weighted by molar-refractivity contribution is -0.128. The summed E-state index contributed by atoms with van der Waals surface area (Å²) < 4.78 is 21.3. The summed E-state index contributed by atoms with van der Waals surface area (Å²) in [5.41, 5.74) is 1.74. The van der Waals surface area contributed by atoms with Crippen molar-refractivity contribution in [2.75, 3.05) is 27.9 Å². The van der Waals surface area contributed by atoms with Gasteiger partial charge in [0.15, 0.2) is 17.3 Å². The van der Waals surface area contributed by atoms with Gasteiger partial charge in [-0.3, -0.25) is 4.79 Å². The van der Waals surface area contributed by atoms with Crippen molar-refractivity contribution in [3.63, 3.8) is 0 Å². The maximum atomic E-state index is 12.6. The molecule has 156 valence electrons. The van der Waals surface area contributed by atoms with Gasteiger partial charge in [-0.25, -0.2) is 0 Å². The average Bonchev–Trinajstić information content (AvgIpc) is 3.41. The molecule has 1 unspecified atom stereocenters. The Labute approximate surface area is 174 Å². The molecule has 0 aliphatic carbocycles. The molecule has 1 aliphatic rings. The van der Waals surface area contributed by atoms with E-state index in [0.29, 0.717) is 48.5 Å². The predicted octanol–water partition coefficient (Wildman–Crippen LogP) is 3.28.